The monoisotopic (exact) mass is 818 g/mol. The number of rotatable bonds is 30. The first-order valence-electron chi connectivity index (χ1n) is 23.0. The minimum Gasteiger partial charge on any atom is -0.394 e. The molecule has 1 fully saturated rings. The van der Waals surface area contributed by atoms with Gasteiger partial charge in [-0.15, -0.1) is 0 Å². The molecule has 1 aliphatic heterocycles. The van der Waals surface area contributed by atoms with Gasteiger partial charge in [0.1, 0.15) is 24.4 Å². The topological polar surface area (TPSA) is 149 Å². The lowest BCUT2D eigenvalue weighted by molar-refractivity contribution is -0.302. The van der Waals surface area contributed by atoms with Crippen LogP contribution in [0.5, 0.6) is 0 Å². The second kappa shape index (κ2) is 28.4. The quantitative estimate of drug-likeness (QED) is 0.0222. The van der Waals surface area contributed by atoms with Gasteiger partial charge >= 0.3 is 0 Å². The summed E-state index contributed by atoms with van der Waals surface area (Å²) < 4.78 is 11.2. The molecule has 0 bridgehead atoms. The van der Waals surface area contributed by atoms with E-state index in [0.29, 0.717) is 6.42 Å². The molecule has 0 aromatic heterocycles. The summed E-state index contributed by atoms with van der Waals surface area (Å²) in [7, 11) is 0. The molecule has 0 spiro atoms. The molecule has 3 aromatic rings. The van der Waals surface area contributed by atoms with Crippen LogP contribution >= 0.6 is 0 Å². The molecule has 0 saturated carbocycles. The van der Waals surface area contributed by atoms with Crippen LogP contribution in [0.4, 0.5) is 0 Å². The van der Waals surface area contributed by atoms with E-state index in [1.54, 1.807) is 6.08 Å². The minimum atomic E-state index is -1.58. The van der Waals surface area contributed by atoms with Crippen molar-refractivity contribution >= 4 is 33.5 Å². The number of unbranched alkanes of at least 4 members (excludes halogenated alkanes) is 18. The second-order valence-corrected chi connectivity index (χ2v) is 16.6. The Morgan fingerprint density at radius 1 is 0.712 bits per heavy atom. The second-order valence-electron chi connectivity index (χ2n) is 16.6. The van der Waals surface area contributed by atoms with E-state index in [4.69, 9.17) is 9.47 Å². The molecule has 59 heavy (non-hydrogen) atoms. The SMILES string of the molecule is CCCCCCCCCCCCC/C=C/[C@@H](O)[C@H](CO[C@@H]1O[C@H](CO)[C@H](O)[C@H](O)[C@H]1O)NC(=O)CCCCCCCCC/C=C/c1c2ccccc2cc2ccccc12. The Morgan fingerprint density at radius 2 is 1.24 bits per heavy atom. The van der Waals surface area contributed by atoms with E-state index < -0.39 is 49.5 Å². The normalized spacial score (nSPS) is 20.9. The van der Waals surface area contributed by atoms with Crippen molar-refractivity contribution in [2.75, 3.05) is 13.2 Å². The van der Waals surface area contributed by atoms with Crippen molar-refractivity contribution in [1.29, 1.82) is 0 Å². The zero-order valence-corrected chi connectivity index (χ0v) is 35.8. The van der Waals surface area contributed by atoms with E-state index in [2.05, 4.69) is 79.0 Å². The first-order chi connectivity index (χ1) is 28.8. The summed E-state index contributed by atoms with van der Waals surface area (Å²) in [6.45, 7) is 1.47. The number of benzene rings is 3. The van der Waals surface area contributed by atoms with Gasteiger partial charge in [-0.25, -0.2) is 0 Å². The van der Waals surface area contributed by atoms with Crippen LogP contribution in [0.25, 0.3) is 27.6 Å². The number of allylic oxidation sites excluding steroid dienone is 2. The standard InChI is InChI=1S/C50H75NO8/c1-2-3-4-5-6-7-8-9-10-13-16-19-22-33-44(53)43(37-58-50-49(57)48(56)47(55)45(36-52)59-50)51-46(54)34-23-20-17-14-11-12-15-18-21-32-42-40-30-26-24-28-38(40)35-39-29-25-27-31-41(39)42/h21-22,24-33,35,43-45,47-50,52-53,55-57H,2-20,23,34,36-37H2,1H3,(H,51,54)/b32-21+,33-22+/t43-,44+,45+,47-,48-,49+,50+/m0/s1. The van der Waals surface area contributed by atoms with Crippen LogP contribution in [-0.2, 0) is 14.3 Å². The van der Waals surface area contributed by atoms with Gasteiger partial charge in [0.15, 0.2) is 6.29 Å². The van der Waals surface area contributed by atoms with E-state index in [0.717, 1.165) is 64.2 Å². The molecule has 4 rings (SSSR count). The number of aliphatic hydroxyl groups is 5. The van der Waals surface area contributed by atoms with Crippen LogP contribution in [0.2, 0.25) is 0 Å². The largest absolute Gasteiger partial charge is 0.394 e. The Kier molecular flexibility index (Phi) is 23.3. The van der Waals surface area contributed by atoms with Crippen LogP contribution in [0, 0.1) is 0 Å². The van der Waals surface area contributed by atoms with E-state index >= 15 is 0 Å². The summed E-state index contributed by atoms with van der Waals surface area (Å²) in [6, 6.07) is 18.6. The lowest BCUT2D eigenvalue weighted by atomic mass is 9.96. The van der Waals surface area contributed by atoms with E-state index in [-0.39, 0.29) is 12.5 Å². The summed E-state index contributed by atoms with van der Waals surface area (Å²) in [4.78, 5) is 13.0. The summed E-state index contributed by atoms with van der Waals surface area (Å²) in [6.07, 6.45) is 23.5. The van der Waals surface area contributed by atoms with Crippen LogP contribution in [0.3, 0.4) is 0 Å². The molecule has 0 aliphatic carbocycles. The molecular formula is C50H75NO8. The predicted octanol–water partition coefficient (Wildman–Crippen LogP) is 9.44. The van der Waals surface area contributed by atoms with Crippen molar-refractivity contribution in [3.63, 3.8) is 0 Å². The van der Waals surface area contributed by atoms with Gasteiger partial charge in [-0.3, -0.25) is 4.79 Å². The maximum absolute atomic E-state index is 13.0. The molecule has 6 N–H and O–H groups in total. The molecular weight excluding hydrogens is 743 g/mol. The third kappa shape index (κ3) is 17.0. The lowest BCUT2D eigenvalue weighted by Crippen LogP contribution is -2.60. The Bertz CT molecular complexity index is 1600. The number of aliphatic hydroxyl groups excluding tert-OH is 5. The third-order valence-corrected chi connectivity index (χ3v) is 11.7. The fraction of sp³-hybridized carbons (Fsp3) is 0.620. The summed E-state index contributed by atoms with van der Waals surface area (Å²) >= 11 is 0. The first-order valence-corrected chi connectivity index (χ1v) is 23.0. The maximum Gasteiger partial charge on any atom is 0.220 e. The van der Waals surface area contributed by atoms with Gasteiger partial charge in [0.05, 0.1) is 25.4 Å². The molecule has 0 unspecified atom stereocenters. The highest BCUT2D eigenvalue weighted by molar-refractivity contribution is 6.06. The molecule has 1 saturated heterocycles. The Hall–Kier alpha value is -3.15. The van der Waals surface area contributed by atoms with Gasteiger partial charge in [-0.2, -0.15) is 0 Å². The number of carbonyl (C=O) groups is 1. The molecule has 9 nitrogen and oxygen atoms in total. The van der Waals surface area contributed by atoms with Crippen LogP contribution in [0.15, 0.2) is 72.8 Å². The number of nitrogens with one attached hydrogen (secondary N) is 1. The number of hydrogen-bond donors (Lipinski definition) is 6. The van der Waals surface area contributed by atoms with E-state index in [9.17, 15) is 30.3 Å². The summed E-state index contributed by atoms with van der Waals surface area (Å²) in [5.41, 5.74) is 1.29. The molecule has 328 valence electrons. The fourth-order valence-electron chi connectivity index (χ4n) is 8.07. The van der Waals surface area contributed by atoms with E-state index in [1.807, 2.05) is 6.08 Å². The number of ether oxygens (including phenoxy) is 2. The lowest BCUT2D eigenvalue weighted by Gasteiger charge is -2.40. The van der Waals surface area contributed by atoms with Crippen molar-refractivity contribution in [3.8, 4) is 0 Å². The Morgan fingerprint density at radius 3 is 1.81 bits per heavy atom. The Labute approximate surface area is 353 Å². The van der Waals surface area contributed by atoms with Crippen LogP contribution in [-0.4, -0.2) is 87.5 Å². The number of carbonyl (C=O) groups excluding carboxylic acids is 1. The first kappa shape index (κ1) is 48.5. The molecule has 1 aliphatic rings. The van der Waals surface area contributed by atoms with Gasteiger partial charge in [0.25, 0.3) is 0 Å². The molecule has 1 amide bonds. The van der Waals surface area contributed by atoms with Crippen molar-refractivity contribution in [3.05, 3.63) is 78.4 Å². The number of fused-ring (bicyclic) bond motifs is 2. The zero-order chi connectivity index (χ0) is 42.1. The van der Waals surface area contributed by atoms with Crippen molar-refractivity contribution in [2.45, 2.75) is 185 Å². The minimum absolute atomic E-state index is 0.198. The van der Waals surface area contributed by atoms with Gasteiger partial charge < -0.3 is 40.3 Å². The average Bonchev–Trinajstić information content (AvgIpc) is 3.25. The van der Waals surface area contributed by atoms with Crippen molar-refractivity contribution in [1.82, 2.24) is 5.32 Å². The molecule has 0 radical (unpaired) electrons. The van der Waals surface area contributed by atoms with Crippen molar-refractivity contribution < 1.29 is 39.8 Å². The Balaban J connectivity index is 1.13. The van der Waals surface area contributed by atoms with E-state index in [1.165, 1.54) is 91.3 Å². The van der Waals surface area contributed by atoms with Gasteiger partial charge in [0.2, 0.25) is 5.91 Å². The maximum atomic E-state index is 13.0. The van der Waals surface area contributed by atoms with Crippen LogP contribution < -0.4 is 5.32 Å². The molecule has 3 aromatic carbocycles. The molecule has 9 heteroatoms. The van der Waals surface area contributed by atoms with Gasteiger partial charge in [0, 0.05) is 6.42 Å². The van der Waals surface area contributed by atoms with Gasteiger partial charge in [-0.05, 0) is 65.3 Å². The van der Waals surface area contributed by atoms with Crippen molar-refractivity contribution in [2.24, 2.45) is 0 Å². The highest BCUT2D eigenvalue weighted by atomic mass is 16.7. The van der Waals surface area contributed by atoms with Crippen LogP contribution in [0.1, 0.15) is 147 Å². The number of hydrogen-bond acceptors (Lipinski definition) is 8. The highest BCUT2D eigenvalue weighted by Crippen LogP contribution is 2.30. The summed E-state index contributed by atoms with van der Waals surface area (Å²) in [5.74, 6) is -0.198. The average molecular weight is 818 g/mol. The third-order valence-electron chi connectivity index (χ3n) is 11.7. The predicted molar refractivity (Wildman–Crippen MR) is 240 cm³/mol. The molecule has 1 heterocycles. The number of amides is 1. The molecule has 7 atom stereocenters. The highest BCUT2D eigenvalue weighted by Gasteiger charge is 2.44. The zero-order valence-electron chi connectivity index (χ0n) is 35.8. The van der Waals surface area contributed by atoms with Gasteiger partial charge in [-0.1, -0.05) is 176 Å². The summed E-state index contributed by atoms with van der Waals surface area (Å²) in [5, 5.41) is 59.4. The smallest absolute Gasteiger partial charge is 0.220 e. The fourth-order valence-corrected chi connectivity index (χ4v) is 8.07.